The summed E-state index contributed by atoms with van der Waals surface area (Å²) in [5.41, 5.74) is 1.01. The third-order valence-corrected chi connectivity index (χ3v) is 6.15. The van der Waals surface area contributed by atoms with Gasteiger partial charge in [-0.2, -0.15) is 0 Å². The molecule has 1 aliphatic rings. The Bertz CT molecular complexity index is 688. The van der Waals surface area contributed by atoms with Crippen molar-refractivity contribution in [2.24, 2.45) is 10.8 Å². The molecule has 1 fully saturated rings. The number of carbonyl (C=O) groups is 2. The molecule has 1 aromatic carbocycles. The Balaban J connectivity index is 1.72. The number of hydrogen-bond acceptors (Lipinski definition) is 3. The first-order valence-electron chi connectivity index (χ1n) is 10.4. The standard InChI is InChI=1S/C23H34O5/c1-22(2,20(25)26)12-6-3-4-9-18-16-17(10-11-19(18)24)8-5-7-13-23(14-15-23)21(27)28/h10-11,16,24H,3-9,12-15H2,1-2H3,(H,25,26)(H,27,28). The molecule has 28 heavy (non-hydrogen) atoms. The zero-order valence-corrected chi connectivity index (χ0v) is 17.2. The van der Waals surface area contributed by atoms with E-state index < -0.39 is 22.8 Å². The zero-order chi connectivity index (χ0) is 20.8. The Morgan fingerprint density at radius 2 is 1.68 bits per heavy atom. The van der Waals surface area contributed by atoms with E-state index in [0.29, 0.717) is 12.2 Å². The third-order valence-electron chi connectivity index (χ3n) is 6.15. The van der Waals surface area contributed by atoms with Gasteiger partial charge in [0, 0.05) is 0 Å². The van der Waals surface area contributed by atoms with Crippen molar-refractivity contribution in [1.82, 2.24) is 0 Å². The summed E-state index contributed by atoms with van der Waals surface area (Å²) in [5, 5.41) is 28.5. The average Bonchev–Trinajstić information content (AvgIpc) is 3.42. The average molecular weight is 391 g/mol. The van der Waals surface area contributed by atoms with Gasteiger partial charge in [0.2, 0.25) is 0 Å². The number of phenolic OH excluding ortho intramolecular Hbond substituents is 1. The van der Waals surface area contributed by atoms with Gasteiger partial charge in [0.05, 0.1) is 10.8 Å². The van der Waals surface area contributed by atoms with Crippen LogP contribution in [0.3, 0.4) is 0 Å². The second-order valence-corrected chi connectivity index (χ2v) is 9.01. The minimum Gasteiger partial charge on any atom is -0.508 e. The SMILES string of the molecule is CC(C)(CCCCCc1cc(CCCCC2(C(=O)O)CC2)ccc1O)C(=O)O. The Hall–Kier alpha value is -2.04. The van der Waals surface area contributed by atoms with E-state index in [1.54, 1.807) is 19.9 Å². The van der Waals surface area contributed by atoms with Crippen LogP contribution in [0.4, 0.5) is 0 Å². The lowest BCUT2D eigenvalue weighted by molar-refractivity contribution is -0.147. The van der Waals surface area contributed by atoms with Gasteiger partial charge >= 0.3 is 11.9 Å². The molecule has 0 spiro atoms. The van der Waals surface area contributed by atoms with Gasteiger partial charge in [-0.3, -0.25) is 9.59 Å². The first-order chi connectivity index (χ1) is 13.2. The molecule has 156 valence electrons. The Labute approximate surface area is 167 Å². The summed E-state index contributed by atoms with van der Waals surface area (Å²) in [6, 6.07) is 5.75. The van der Waals surface area contributed by atoms with Crippen molar-refractivity contribution in [3.63, 3.8) is 0 Å². The van der Waals surface area contributed by atoms with Crippen LogP contribution in [0.5, 0.6) is 5.75 Å². The molecule has 0 radical (unpaired) electrons. The number of unbranched alkanes of at least 4 members (excludes halogenated alkanes) is 3. The number of aromatic hydroxyl groups is 1. The third kappa shape index (κ3) is 6.25. The van der Waals surface area contributed by atoms with Crippen molar-refractivity contribution in [2.45, 2.75) is 84.5 Å². The summed E-state index contributed by atoms with van der Waals surface area (Å²) < 4.78 is 0. The molecule has 0 bridgehead atoms. The van der Waals surface area contributed by atoms with E-state index in [2.05, 4.69) is 6.07 Å². The maximum absolute atomic E-state index is 11.2. The summed E-state index contributed by atoms with van der Waals surface area (Å²) in [6.07, 6.45) is 9.35. The molecular formula is C23H34O5. The number of benzene rings is 1. The highest BCUT2D eigenvalue weighted by Crippen LogP contribution is 2.50. The second kappa shape index (κ2) is 9.44. The molecule has 1 aliphatic carbocycles. The lowest BCUT2D eigenvalue weighted by Crippen LogP contribution is -2.23. The topological polar surface area (TPSA) is 94.8 Å². The van der Waals surface area contributed by atoms with Crippen LogP contribution in [-0.4, -0.2) is 27.3 Å². The van der Waals surface area contributed by atoms with E-state index in [1.807, 2.05) is 6.07 Å². The predicted molar refractivity (Wildman–Crippen MR) is 109 cm³/mol. The van der Waals surface area contributed by atoms with Crippen molar-refractivity contribution in [3.8, 4) is 5.75 Å². The Kier molecular flexibility index (Phi) is 7.50. The highest BCUT2D eigenvalue weighted by atomic mass is 16.4. The van der Waals surface area contributed by atoms with Crippen molar-refractivity contribution < 1.29 is 24.9 Å². The van der Waals surface area contributed by atoms with E-state index in [1.165, 1.54) is 5.56 Å². The second-order valence-electron chi connectivity index (χ2n) is 9.01. The largest absolute Gasteiger partial charge is 0.508 e. The zero-order valence-electron chi connectivity index (χ0n) is 17.2. The van der Waals surface area contributed by atoms with E-state index in [9.17, 15) is 19.8 Å². The molecule has 0 unspecified atom stereocenters. The van der Waals surface area contributed by atoms with Crippen LogP contribution in [0.2, 0.25) is 0 Å². The molecule has 5 nitrogen and oxygen atoms in total. The summed E-state index contributed by atoms with van der Waals surface area (Å²) in [7, 11) is 0. The van der Waals surface area contributed by atoms with Gasteiger partial charge in [0.15, 0.2) is 0 Å². The van der Waals surface area contributed by atoms with Gasteiger partial charge in [-0.25, -0.2) is 0 Å². The van der Waals surface area contributed by atoms with Crippen molar-refractivity contribution in [2.75, 3.05) is 0 Å². The van der Waals surface area contributed by atoms with Crippen LogP contribution >= 0.6 is 0 Å². The minimum atomic E-state index is -0.756. The van der Waals surface area contributed by atoms with Crippen LogP contribution in [-0.2, 0) is 22.4 Å². The van der Waals surface area contributed by atoms with E-state index in [4.69, 9.17) is 5.11 Å². The molecule has 0 atom stereocenters. The molecule has 1 saturated carbocycles. The van der Waals surface area contributed by atoms with E-state index in [0.717, 1.165) is 69.8 Å². The Morgan fingerprint density at radius 3 is 2.29 bits per heavy atom. The van der Waals surface area contributed by atoms with Gasteiger partial charge in [-0.15, -0.1) is 0 Å². The molecule has 0 aromatic heterocycles. The number of phenols is 1. The lowest BCUT2D eigenvalue weighted by Gasteiger charge is -2.18. The number of carboxylic acid groups (broad SMARTS) is 2. The first-order valence-corrected chi connectivity index (χ1v) is 10.4. The number of aliphatic carboxylic acids is 2. The van der Waals surface area contributed by atoms with E-state index in [-0.39, 0.29) is 0 Å². The first kappa shape index (κ1) is 22.3. The van der Waals surface area contributed by atoms with Gasteiger partial charge in [-0.1, -0.05) is 31.4 Å². The molecule has 3 N–H and O–H groups in total. The monoisotopic (exact) mass is 390 g/mol. The number of rotatable bonds is 13. The number of hydrogen-bond donors (Lipinski definition) is 3. The fourth-order valence-corrected chi connectivity index (χ4v) is 3.67. The minimum absolute atomic E-state index is 0.317. The predicted octanol–water partition coefficient (Wildman–Crippen LogP) is 5.18. The number of aryl methyl sites for hydroxylation is 2. The quantitative estimate of drug-likeness (QED) is 0.403. The van der Waals surface area contributed by atoms with Gasteiger partial charge in [0.1, 0.15) is 5.75 Å². The molecule has 0 aliphatic heterocycles. The van der Waals surface area contributed by atoms with E-state index >= 15 is 0 Å². The van der Waals surface area contributed by atoms with Crippen molar-refractivity contribution >= 4 is 11.9 Å². The maximum atomic E-state index is 11.2. The molecule has 0 saturated heterocycles. The summed E-state index contributed by atoms with van der Waals surface area (Å²) in [6.45, 7) is 3.51. The fourth-order valence-electron chi connectivity index (χ4n) is 3.67. The molecule has 0 heterocycles. The molecule has 2 rings (SSSR count). The molecule has 5 heteroatoms. The number of carboxylic acids is 2. The van der Waals surface area contributed by atoms with Gasteiger partial charge in [-0.05, 0) is 82.4 Å². The summed E-state index contributed by atoms with van der Waals surface area (Å²) >= 11 is 0. The maximum Gasteiger partial charge on any atom is 0.309 e. The summed E-state index contributed by atoms with van der Waals surface area (Å²) in [4.78, 5) is 22.3. The lowest BCUT2D eigenvalue weighted by atomic mass is 9.87. The van der Waals surface area contributed by atoms with Gasteiger partial charge in [0.25, 0.3) is 0 Å². The molecule has 0 amide bonds. The van der Waals surface area contributed by atoms with Crippen molar-refractivity contribution in [3.05, 3.63) is 29.3 Å². The Morgan fingerprint density at radius 1 is 1.00 bits per heavy atom. The fraction of sp³-hybridized carbons (Fsp3) is 0.652. The highest BCUT2D eigenvalue weighted by Gasteiger charge is 2.49. The van der Waals surface area contributed by atoms with Crippen LogP contribution in [0.1, 0.15) is 82.8 Å². The highest BCUT2D eigenvalue weighted by molar-refractivity contribution is 5.77. The molecular weight excluding hydrogens is 356 g/mol. The van der Waals surface area contributed by atoms with Gasteiger partial charge < -0.3 is 15.3 Å². The van der Waals surface area contributed by atoms with Crippen LogP contribution in [0.15, 0.2) is 18.2 Å². The van der Waals surface area contributed by atoms with Crippen LogP contribution in [0.25, 0.3) is 0 Å². The van der Waals surface area contributed by atoms with Crippen LogP contribution in [0, 0.1) is 10.8 Å². The normalized spacial score (nSPS) is 15.4. The summed E-state index contributed by atoms with van der Waals surface area (Å²) in [5.74, 6) is -1.09. The molecule has 1 aromatic rings. The van der Waals surface area contributed by atoms with Crippen LogP contribution < -0.4 is 0 Å². The van der Waals surface area contributed by atoms with Crippen molar-refractivity contribution in [1.29, 1.82) is 0 Å². The smallest absolute Gasteiger partial charge is 0.309 e.